The van der Waals surface area contributed by atoms with Crippen molar-refractivity contribution >= 4 is 11.6 Å². The molecular formula is C24H25FN4O2. The van der Waals surface area contributed by atoms with Crippen LogP contribution in [0.1, 0.15) is 43.8 Å². The molecule has 1 unspecified atom stereocenters. The van der Waals surface area contributed by atoms with Crippen LogP contribution in [0.4, 0.5) is 9.18 Å². The van der Waals surface area contributed by atoms with Gasteiger partial charge in [-0.05, 0) is 37.5 Å². The van der Waals surface area contributed by atoms with Crippen LogP contribution in [0.15, 0.2) is 58.8 Å². The molecule has 4 rings (SSSR count). The Bertz CT molecular complexity index is 1130. The first kappa shape index (κ1) is 20.8. The van der Waals surface area contributed by atoms with Crippen LogP contribution in [0, 0.1) is 18.7 Å². The van der Waals surface area contributed by atoms with Crippen molar-refractivity contribution in [3.63, 3.8) is 0 Å². The molecule has 0 saturated heterocycles. The highest BCUT2D eigenvalue weighted by atomic mass is 19.1. The molecule has 160 valence electrons. The highest BCUT2D eigenvalue weighted by Crippen LogP contribution is 2.37. The third-order valence-electron chi connectivity index (χ3n) is 5.29. The molecule has 0 spiro atoms. The first-order valence-corrected chi connectivity index (χ1v) is 10.3. The molecule has 2 heterocycles. The fraction of sp³-hybridized carbons (Fsp3) is 0.292. The average molecular weight is 420 g/mol. The summed E-state index contributed by atoms with van der Waals surface area (Å²) in [6.45, 7) is 8.58. The number of rotatable bonds is 5. The number of aromatic nitrogens is 2. The third-order valence-corrected chi connectivity index (χ3v) is 5.29. The van der Waals surface area contributed by atoms with Crippen molar-refractivity contribution in [3.05, 3.63) is 77.1 Å². The van der Waals surface area contributed by atoms with Gasteiger partial charge in [-0.2, -0.15) is 4.98 Å². The molecule has 0 saturated carbocycles. The lowest BCUT2D eigenvalue weighted by molar-refractivity contribution is 0.199. The Hall–Kier alpha value is -3.48. The number of carbonyl (C=O) groups excluding carboxylic acids is 1. The van der Waals surface area contributed by atoms with E-state index in [0.29, 0.717) is 23.8 Å². The van der Waals surface area contributed by atoms with Crippen molar-refractivity contribution in [2.45, 2.75) is 33.7 Å². The average Bonchev–Trinajstić information content (AvgIpc) is 3.21. The summed E-state index contributed by atoms with van der Waals surface area (Å²) in [4.78, 5) is 19.2. The molecule has 0 aliphatic carbocycles. The Morgan fingerprint density at radius 2 is 1.90 bits per heavy atom. The largest absolute Gasteiger partial charge is 0.334 e. The van der Waals surface area contributed by atoms with Gasteiger partial charge in [0, 0.05) is 17.8 Å². The lowest BCUT2D eigenvalue weighted by Crippen LogP contribution is -2.47. The number of hydrogen-bond acceptors (Lipinski definition) is 4. The Morgan fingerprint density at radius 1 is 1.16 bits per heavy atom. The molecule has 7 heteroatoms. The summed E-state index contributed by atoms with van der Waals surface area (Å²) in [5, 5.41) is 7.15. The minimum atomic E-state index is -0.433. The van der Waals surface area contributed by atoms with Crippen LogP contribution in [-0.2, 0) is 0 Å². The third kappa shape index (κ3) is 4.21. The van der Waals surface area contributed by atoms with Gasteiger partial charge in [-0.15, -0.1) is 0 Å². The summed E-state index contributed by atoms with van der Waals surface area (Å²) in [6.07, 6.45) is 0. The van der Waals surface area contributed by atoms with Crippen molar-refractivity contribution in [1.82, 2.24) is 20.4 Å². The summed E-state index contributed by atoms with van der Waals surface area (Å²) in [7, 11) is 0. The fourth-order valence-corrected chi connectivity index (χ4v) is 3.73. The van der Waals surface area contributed by atoms with Crippen LogP contribution in [0.3, 0.4) is 0 Å². The lowest BCUT2D eigenvalue weighted by atomic mass is 9.94. The zero-order chi connectivity index (χ0) is 22.1. The van der Waals surface area contributed by atoms with Crippen molar-refractivity contribution in [1.29, 1.82) is 0 Å². The Kier molecular flexibility index (Phi) is 5.59. The number of benzene rings is 2. The molecule has 6 nitrogen and oxygen atoms in total. The van der Waals surface area contributed by atoms with Gasteiger partial charge in [-0.3, -0.25) is 4.90 Å². The van der Waals surface area contributed by atoms with E-state index in [1.54, 1.807) is 17.0 Å². The van der Waals surface area contributed by atoms with Gasteiger partial charge in [0.05, 0.1) is 11.6 Å². The van der Waals surface area contributed by atoms with Crippen molar-refractivity contribution in [2.24, 2.45) is 5.92 Å². The fourth-order valence-electron chi connectivity index (χ4n) is 3.73. The van der Waals surface area contributed by atoms with Gasteiger partial charge < -0.3 is 9.84 Å². The summed E-state index contributed by atoms with van der Waals surface area (Å²) < 4.78 is 19.3. The van der Waals surface area contributed by atoms with Gasteiger partial charge in [0.2, 0.25) is 5.82 Å². The molecule has 0 bridgehead atoms. The molecule has 1 atom stereocenters. The normalized spacial score (nSPS) is 16.8. The number of amides is 2. The second kappa shape index (κ2) is 8.34. The van der Waals surface area contributed by atoms with Gasteiger partial charge in [0.15, 0.2) is 0 Å². The van der Waals surface area contributed by atoms with Gasteiger partial charge in [-0.1, -0.05) is 61.0 Å². The minimum Gasteiger partial charge on any atom is -0.334 e. The summed E-state index contributed by atoms with van der Waals surface area (Å²) in [5.74, 6) is 0.508. The van der Waals surface area contributed by atoms with Crippen molar-refractivity contribution in [2.75, 3.05) is 6.54 Å². The van der Waals surface area contributed by atoms with Crippen LogP contribution in [0.5, 0.6) is 0 Å². The van der Waals surface area contributed by atoms with Gasteiger partial charge in [0.25, 0.3) is 5.89 Å². The molecule has 1 N–H and O–H groups in total. The van der Waals surface area contributed by atoms with E-state index in [4.69, 9.17) is 4.52 Å². The van der Waals surface area contributed by atoms with E-state index < -0.39 is 6.04 Å². The molecule has 0 radical (unpaired) electrons. The van der Waals surface area contributed by atoms with E-state index in [-0.39, 0.29) is 17.8 Å². The Morgan fingerprint density at radius 3 is 2.58 bits per heavy atom. The first-order valence-electron chi connectivity index (χ1n) is 10.3. The second-order valence-electron chi connectivity index (χ2n) is 8.23. The first-order chi connectivity index (χ1) is 14.8. The summed E-state index contributed by atoms with van der Waals surface area (Å²) in [5.41, 5.74) is 4.07. The molecule has 31 heavy (non-hydrogen) atoms. The maximum atomic E-state index is 13.7. The van der Waals surface area contributed by atoms with E-state index >= 15 is 0 Å². The Balaban J connectivity index is 1.82. The highest BCUT2D eigenvalue weighted by molar-refractivity contribution is 5.86. The maximum absolute atomic E-state index is 13.7. The van der Waals surface area contributed by atoms with Crippen molar-refractivity contribution in [3.8, 4) is 11.4 Å². The van der Waals surface area contributed by atoms with E-state index in [2.05, 4.69) is 29.3 Å². The molecule has 0 fully saturated rings. The zero-order valence-corrected chi connectivity index (χ0v) is 18.0. The second-order valence-corrected chi connectivity index (χ2v) is 8.23. The van der Waals surface area contributed by atoms with E-state index in [0.717, 1.165) is 22.4 Å². The number of carbonyl (C=O) groups is 1. The number of aryl methyl sites for hydroxylation is 1. The molecule has 1 aromatic heterocycles. The number of halogens is 1. The molecule has 2 aromatic carbocycles. The monoisotopic (exact) mass is 420 g/mol. The number of allylic oxidation sites excluding steroid dienone is 1. The van der Waals surface area contributed by atoms with E-state index in [9.17, 15) is 9.18 Å². The van der Waals surface area contributed by atoms with E-state index in [1.807, 2.05) is 38.1 Å². The molecular weight excluding hydrogens is 395 g/mol. The molecule has 1 aliphatic heterocycles. The van der Waals surface area contributed by atoms with Crippen LogP contribution < -0.4 is 5.32 Å². The topological polar surface area (TPSA) is 71.3 Å². The molecule has 1 aliphatic rings. The minimum absolute atomic E-state index is 0.162. The van der Waals surface area contributed by atoms with Gasteiger partial charge >= 0.3 is 6.03 Å². The molecule has 3 aromatic rings. The quantitative estimate of drug-likeness (QED) is 0.605. The number of urea groups is 1. The van der Waals surface area contributed by atoms with Gasteiger partial charge in [-0.25, -0.2) is 9.18 Å². The van der Waals surface area contributed by atoms with Crippen LogP contribution >= 0.6 is 0 Å². The number of nitrogens with one attached hydrogen (secondary N) is 1. The summed E-state index contributed by atoms with van der Waals surface area (Å²) >= 11 is 0. The highest BCUT2D eigenvalue weighted by Gasteiger charge is 2.35. The van der Waals surface area contributed by atoms with Crippen LogP contribution in [0.2, 0.25) is 0 Å². The standard InChI is InChI=1S/C24H25FN4O2/c1-14(2)13-29-16(4)20(21(26-24(29)30)17-10-8-15(3)9-11-17)23-27-22(28-31-23)18-6-5-7-19(25)12-18/h5-12,14,21H,13H2,1-4H3,(H,26,30). The SMILES string of the molecule is CC1=C(c2nc(-c3cccc(F)c3)no2)C(c2ccc(C)cc2)NC(=O)N1CC(C)C. The molecule has 2 amide bonds. The Labute approximate surface area is 180 Å². The van der Waals surface area contributed by atoms with Crippen molar-refractivity contribution < 1.29 is 13.7 Å². The number of hydrogen-bond donors (Lipinski definition) is 1. The maximum Gasteiger partial charge on any atom is 0.322 e. The number of nitrogens with zero attached hydrogens (tertiary/aromatic N) is 3. The smallest absolute Gasteiger partial charge is 0.322 e. The van der Waals surface area contributed by atoms with Crippen LogP contribution in [0.25, 0.3) is 17.0 Å². The van der Waals surface area contributed by atoms with Gasteiger partial charge in [0.1, 0.15) is 5.82 Å². The predicted molar refractivity (Wildman–Crippen MR) is 116 cm³/mol. The lowest BCUT2D eigenvalue weighted by Gasteiger charge is -2.36. The van der Waals surface area contributed by atoms with E-state index in [1.165, 1.54) is 12.1 Å². The summed E-state index contributed by atoms with van der Waals surface area (Å²) in [6, 6.07) is 13.4. The predicted octanol–water partition coefficient (Wildman–Crippen LogP) is 5.34. The zero-order valence-electron chi connectivity index (χ0n) is 18.0. The van der Waals surface area contributed by atoms with Crippen LogP contribution in [-0.4, -0.2) is 27.6 Å².